The van der Waals surface area contributed by atoms with Crippen LogP contribution in [0.2, 0.25) is 0 Å². The molecule has 0 aliphatic carbocycles. The monoisotopic (exact) mass is 279 g/mol. The summed E-state index contributed by atoms with van der Waals surface area (Å²) >= 11 is 0. The van der Waals surface area contributed by atoms with Crippen molar-refractivity contribution in [2.24, 2.45) is 5.92 Å². The maximum absolute atomic E-state index is 5.69. The van der Waals surface area contributed by atoms with Gasteiger partial charge >= 0.3 is 0 Å². The fraction of sp³-hybridized carbons (Fsp3) is 0.750. The van der Waals surface area contributed by atoms with Crippen molar-refractivity contribution in [1.82, 2.24) is 15.1 Å². The van der Waals surface area contributed by atoms with E-state index in [1.54, 1.807) is 0 Å². The zero-order valence-electron chi connectivity index (χ0n) is 13.4. The molecule has 4 heteroatoms. The minimum Gasteiger partial charge on any atom is -0.468 e. The Morgan fingerprint density at radius 3 is 2.85 bits per heavy atom. The Hall–Kier alpha value is -0.840. The van der Waals surface area contributed by atoms with Crippen LogP contribution in [0.15, 0.2) is 16.7 Å². The molecule has 2 rings (SSSR count). The summed E-state index contributed by atoms with van der Waals surface area (Å²) < 4.78 is 5.69. The highest BCUT2D eigenvalue weighted by atomic mass is 16.3. The first kappa shape index (κ1) is 15.5. The van der Waals surface area contributed by atoms with Crippen LogP contribution in [0.3, 0.4) is 0 Å². The van der Waals surface area contributed by atoms with Crippen molar-refractivity contribution >= 4 is 0 Å². The Bertz CT molecular complexity index is 402. The van der Waals surface area contributed by atoms with Gasteiger partial charge in [-0.05, 0) is 39.0 Å². The minimum atomic E-state index is 0.659. The summed E-state index contributed by atoms with van der Waals surface area (Å²) in [6, 6.07) is 2.76. The molecule has 2 heterocycles. The summed E-state index contributed by atoms with van der Waals surface area (Å²) in [4.78, 5) is 4.86. The predicted octanol–water partition coefficient (Wildman–Crippen LogP) is 2.16. The van der Waals surface area contributed by atoms with Gasteiger partial charge in [0.15, 0.2) is 0 Å². The van der Waals surface area contributed by atoms with E-state index in [0.29, 0.717) is 6.04 Å². The van der Waals surface area contributed by atoms with E-state index in [1.165, 1.54) is 12.0 Å². The van der Waals surface area contributed by atoms with E-state index in [4.69, 9.17) is 4.42 Å². The van der Waals surface area contributed by atoms with Crippen molar-refractivity contribution in [3.8, 4) is 0 Å². The van der Waals surface area contributed by atoms with Crippen molar-refractivity contribution in [3.05, 3.63) is 23.7 Å². The quantitative estimate of drug-likeness (QED) is 0.775. The summed E-state index contributed by atoms with van der Waals surface area (Å²) in [6.07, 6.45) is 2.99. The van der Waals surface area contributed by atoms with Crippen LogP contribution in [0.5, 0.6) is 0 Å². The topological polar surface area (TPSA) is 31.7 Å². The second-order valence-electron chi connectivity index (χ2n) is 6.25. The number of furan rings is 1. The molecule has 1 saturated heterocycles. The zero-order valence-corrected chi connectivity index (χ0v) is 13.4. The Balaban J connectivity index is 1.89. The van der Waals surface area contributed by atoms with Crippen LogP contribution < -0.4 is 5.32 Å². The lowest BCUT2D eigenvalue weighted by molar-refractivity contribution is 0.243. The molecule has 1 aliphatic heterocycles. The third-order valence-corrected chi connectivity index (χ3v) is 4.26. The molecule has 1 aliphatic rings. The van der Waals surface area contributed by atoms with Gasteiger partial charge in [0.2, 0.25) is 0 Å². The molecule has 1 N–H and O–H groups in total. The number of hydrogen-bond acceptors (Lipinski definition) is 4. The molecule has 114 valence electrons. The largest absolute Gasteiger partial charge is 0.468 e. The first-order chi connectivity index (χ1) is 9.61. The van der Waals surface area contributed by atoms with E-state index < -0.39 is 0 Å². The van der Waals surface area contributed by atoms with Crippen LogP contribution in [0.4, 0.5) is 0 Å². The Labute approximate surface area is 123 Å². The third-order valence-electron chi connectivity index (χ3n) is 4.26. The first-order valence-electron chi connectivity index (χ1n) is 7.76. The van der Waals surface area contributed by atoms with Crippen LogP contribution in [-0.2, 0) is 13.1 Å². The molecular formula is C16H29N3O. The van der Waals surface area contributed by atoms with E-state index >= 15 is 0 Å². The van der Waals surface area contributed by atoms with E-state index in [-0.39, 0.29) is 0 Å². The summed E-state index contributed by atoms with van der Waals surface area (Å²) in [5.41, 5.74) is 1.31. The summed E-state index contributed by atoms with van der Waals surface area (Å²) in [6.45, 7) is 9.74. The minimum absolute atomic E-state index is 0.659. The first-order valence-corrected chi connectivity index (χ1v) is 7.76. The van der Waals surface area contributed by atoms with Gasteiger partial charge in [0, 0.05) is 31.2 Å². The number of nitrogens with zero attached hydrogens (tertiary/aromatic N) is 2. The van der Waals surface area contributed by atoms with Crippen LogP contribution in [0.25, 0.3) is 0 Å². The highest BCUT2D eigenvalue weighted by Crippen LogP contribution is 2.23. The van der Waals surface area contributed by atoms with Crippen LogP contribution >= 0.6 is 0 Å². The van der Waals surface area contributed by atoms with E-state index in [0.717, 1.165) is 44.4 Å². The van der Waals surface area contributed by atoms with Gasteiger partial charge in [0.1, 0.15) is 5.76 Å². The van der Waals surface area contributed by atoms with E-state index in [1.807, 2.05) is 6.26 Å². The van der Waals surface area contributed by atoms with Gasteiger partial charge in [-0.15, -0.1) is 0 Å². The average Bonchev–Trinajstić information content (AvgIpc) is 2.97. The number of hydrogen-bond donors (Lipinski definition) is 1. The van der Waals surface area contributed by atoms with Gasteiger partial charge in [-0.1, -0.05) is 13.8 Å². The van der Waals surface area contributed by atoms with Gasteiger partial charge in [-0.25, -0.2) is 0 Å². The molecule has 0 bridgehead atoms. The highest BCUT2D eigenvalue weighted by molar-refractivity contribution is 5.17. The highest BCUT2D eigenvalue weighted by Gasteiger charge is 2.31. The molecule has 0 amide bonds. The van der Waals surface area contributed by atoms with E-state index in [9.17, 15) is 0 Å². The molecule has 0 saturated carbocycles. The van der Waals surface area contributed by atoms with Crippen LogP contribution in [-0.4, -0.2) is 49.6 Å². The molecule has 2 atom stereocenters. The number of nitrogens with one attached hydrogen (secondary N) is 1. The summed E-state index contributed by atoms with van der Waals surface area (Å²) in [7, 11) is 4.36. The Morgan fingerprint density at radius 2 is 2.20 bits per heavy atom. The summed E-state index contributed by atoms with van der Waals surface area (Å²) in [5, 5.41) is 3.45. The SMILES string of the molecule is CCCNCc1ccoc1CN1CC(C)C(N(C)C)C1. The number of rotatable bonds is 7. The molecule has 0 radical (unpaired) electrons. The second-order valence-corrected chi connectivity index (χ2v) is 6.25. The molecule has 4 nitrogen and oxygen atoms in total. The van der Waals surface area contributed by atoms with Gasteiger partial charge in [-0.2, -0.15) is 0 Å². The molecule has 20 heavy (non-hydrogen) atoms. The lowest BCUT2D eigenvalue weighted by atomic mass is 10.1. The van der Waals surface area contributed by atoms with Crippen molar-refractivity contribution < 1.29 is 4.42 Å². The van der Waals surface area contributed by atoms with Crippen molar-refractivity contribution in [2.75, 3.05) is 33.7 Å². The maximum Gasteiger partial charge on any atom is 0.122 e. The van der Waals surface area contributed by atoms with Gasteiger partial charge in [0.05, 0.1) is 12.8 Å². The van der Waals surface area contributed by atoms with Crippen molar-refractivity contribution in [1.29, 1.82) is 0 Å². The van der Waals surface area contributed by atoms with Crippen molar-refractivity contribution in [2.45, 2.75) is 39.4 Å². The zero-order chi connectivity index (χ0) is 14.5. The molecule has 0 spiro atoms. The maximum atomic E-state index is 5.69. The molecular weight excluding hydrogens is 250 g/mol. The lowest BCUT2D eigenvalue weighted by Gasteiger charge is -2.22. The number of likely N-dealkylation sites (N-methyl/N-ethyl adjacent to an activating group) is 1. The lowest BCUT2D eigenvalue weighted by Crippen LogP contribution is -2.34. The molecule has 2 unspecified atom stereocenters. The molecule has 1 fully saturated rings. The predicted molar refractivity (Wildman–Crippen MR) is 82.6 cm³/mol. The molecule has 1 aromatic rings. The van der Waals surface area contributed by atoms with Crippen LogP contribution in [0, 0.1) is 5.92 Å². The smallest absolute Gasteiger partial charge is 0.122 e. The third kappa shape index (κ3) is 3.84. The van der Waals surface area contributed by atoms with E-state index in [2.05, 4.69) is 49.1 Å². The second kappa shape index (κ2) is 7.25. The van der Waals surface area contributed by atoms with Crippen LogP contribution in [0.1, 0.15) is 31.6 Å². The standard InChI is InChI=1S/C16H29N3O/c1-5-7-17-9-14-6-8-20-16(14)12-19-10-13(2)15(11-19)18(3)4/h6,8,13,15,17H,5,7,9-12H2,1-4H3. The summed E-state index contributed by atoms with van der Waals surface area (Å²) in [5.74, 6) is 1.85. The Morgan fingerprint density at radius 1 is 1.40 bits per heavy atom. The molecule has 1 aromatic heterocycles. The van der Waals surface area contributed by atoms with Gasteiger partial charge in [0.25, 0.3) is 0 Å². The average molecular weight is 279 g/mol. The normalized spacial score (nSPS) is 23.9. The fourth-order valence-corrected chi connectivity index (χ4v) is 3.12. The van der Waals surface area contributed by atoms with Gasteiger partial charge in [-0.3, -0.25) is 4.90 Å². The molecule has 0 aromatic carbocycles. The Kier molecular flexibility index (Phi) is 5.64. The van der Waals surface area contributed by atoms with Crippen molar-refractivity contribution in [3.63, 3.8) is 0 Å². The fourth-order valence-electron chi connectivity index (χ4n) is 3.12. The van der Waals surface area contributed by atoms with Gasteiger partial charge < -0.3 is 14.6 Å². The number of likely N-dealkylation sites (tertiary alicyclic amines) is 1.